The molecule has 4 heterocycles. The molecule has 0 aromatic heterocycles. The number of amides is 3. The molecule has 6 atom stereocenters. The first-order valence-electron chi connectivity index (χ1n) is 20.1. The highest BCUT2D eigenvalue weighted by Crippen LogP contribution is 2.60. The maximum Gasteiger partial charge on any atom is 0.264 e. The second-order valence-corrected chi connectivity index (χ2v) is 20.0. The fourth-order valence-electron chi connectivity index (χ4n) is 9.70. The van der Waals surface area contributed by atoms with Gasteiger partial charge in [-0.3, -0.25) is 19.3 Å². The number of aliphatic hydroxyl groups excluding tert-OH is 2. The molecule has 0 radical (unpaired) electrons. The largest absolute Gasteiger partial charge is 0.494 e. The maximum absolute atomic E-state index is 16.4. The summed E-state index contributed by atoms with van der Waals surface area (Å²) in [5.74, 6) is -0.387. The molecule has 3 amide bonds. The third-order valence-corrected chi connectivity index (χ3v) is 14.6. The molecular formula is C43H55FN4O7Si. The summed E-state index contributed by atoms with van der Waals surface area (Å²) in [5, 5.41) is 22.6. The molecule has 2 fully saturated rings. The number of nitrogens with zero attached hydrogens (tertiary/aromatic N) is 3. The van der Waals surface area contributed by atoms with Crippen molar-refractivity contribution in [1.82, 2.24) is 10.2 Å². The van der Waals surface area contributed by atoms with Crippen LogP contribution in [0.2, 0.25) is 18.6 Å². The maximum atomic E-state index is 16.4. The Labute approximate surface area is 329 Å². The molecular weight excluding hydrogens is 732 g/mol. The van der Waals surface area contributed by atoms with Gasteiger partial charge in [-0.25, -0.2) is 0 Å². The lowest BCUT2D eigenvalue weighted by atomic mass is 9.82. The first kappa shape index (κ1) is 40.1. The molecule has 1 unspecified atom stereocenters. The Balaban J connectivity index is 1.19. The summed E-state index contributed by atoms with van der Waals surface area (Å²) < 4.78 is 29.1. The second kappa shape index (κ2) is 16.4. The molecule has 7 rings (SSSR count). The number of halogens is 1. The summed E-state index contributed by atoms with van der Waals surface area (Å²) in [7, 11) is -3.49. The van der Waals surface area contributed by atoms with E-state index in [9.17, 15) is 19.8 Å². The highest BCUT2D eigenvalue weighted by Gasteiger charge is 2.67. The Bertz CT molecular complexity index is 1940. The number of likely N-dealkylation sites (tertiary alicyclic amines) is 1. The molecule has 4 aliphatic rings. The van der Waals surface area contributed by atoms with E-state index in [0.717, 1.165) is 41.8 Å². The molecule has 0 aliphatic carbocycles. The van der Waals surface area contributed by atoms with E-state index in [0.29, 0.717) is 49.5 Å². The predicted molar refractivity (Wildman–Crippen MR) is 215 cm³/mol. The zero-order valence-corrected chi connectivity index (χ0v) is 33.9. The Hall–Kier alpha value is -4.14. The summed E-state index contributed by atoms with van der Waals surface area (Å²) in [4.78, 5) is 48.0. The van der Waals surface area contributed by atoms with Crippen molar-refractivity contribution in [1.29, 1.82) is 0 Å². The van der Waals surface area contributed by atoms with Gasteiger partial charge in [-0.2, -0.15) is 0 Å². The summed E-state index contributed by atoms with van der Waals surface area (Å²) in [6, 6.07) is 20.2. The van der Waals surface area contributed by atoms with E-state index >= 15 is 8.90 Å². The van der Waals surface area contributed by atoms with Gasteiger partial charge in [0.15, 0.2) is 5.60 Å². The van der Waals surface area contributed by atoms with Crippen molar-refractivity contribution in [3.05, 3.63) is 83.4 Å². The molecule has 3 aromatic carbocycles. The Morgan fingerprint density at radius 3 is 2.61 bits per heavy atom. The lowest BCUT2D eigenvalue weighted by Gasteiger charge is -2.35. The number of carbonyl (C=O) groups is 3. The SMILES string of the molecule is CCOc1ccc2c(c1)CC(NCCCCO)C(=O)N2c1cccc(CN2C(=O)[C@]3(O[C@H](CC(=O)N4CCC[C@H]4CO)[C@@H]([Si](C)(C)F)[C@@H]3C)c3ccccc32)c1. The van der Waals surface area contributed by atoms with Gasteiger partial charge in [-0.15, -0.1) is 0 Å². The third-order valence-electron chi connectivity index (χ3n) is 12.2. The van der Waals surface area contributed by atoms with Gasteiger partial charge in [0.1, 0.15) is 5.75 Å². The number of fused-ring (bicyclic) bond motifs is 3. The molecule has 1 spiro atoms. The number of hydrogen-bond donors (Lipinski definition) is 3. The van der Waals surface area contributed by atoms with Crippen molar-refractivity contribution in [3.8, 4) is 5.75 Å². The van der Waals surface area contributed by atoms with Crippen LogP contribution in [0.5, 0.6) is 5.75 Å². The number of para-hydroxylation sites is 1. The van der Waals surface area contributed by atoms with Gasteiger partial charge in [0.25, 0.3) is 5.91 Å². The lowest BCUT2D eigenvalue weighted by molar-refractivity contribution is -0.150. The van der Waals surface area contributed by atoms with Gasteiger partial charge < -0.3 is 38.9 Å². The lowest BCUT2D eigenvalue weighted by Crippen LogP contribution is -2.49. The molecule has 0 saturated carbocycles. The first-order chi connectivity index (χ1) is 26.9. The van der Waals surface area contributed by atoms with Gasteiger partial charge in [-0.1, -0.05) is 37.3 Å². The fraction of sp³-hybridized carbons (Fsp3) is 0.512. The highest BCUT2D eigenvalue weighted by atomic mass is 28.4. The standard InChI is InChI=1S/C43H55FN4O7Si/c1-5-54-33-17-18-36-30(23-33)24-35(45-19-8-9-21-49)41(52)48(36)31-13-10-12-29(22-31)26-47-37-16-7-6-15-34(37)43(42(47)53)28(2)40(56(3,4)44)38(55-43)25-39(51)46-20-11-14-32(46)27-50/h6-7,10,12-13,15-18,22-23,28,32,35,38,40,45,49-50H,5,8-9,11,14,19-21,24-27H2,1-4H3/t28-,32-,35?,38+,40-,43+/m0/s1. The normalized spacial score (nSPS) is 26.0. The van der Waals surface area contributed by atoms with Crippen molar-refractivity contribution >= 4 is 43.2 Å². The number of anilines is 3. The number of unbranched alkanes of at least 4 members (excludes halogenated alkanes) is 1. The van der Waals surface area contributed by atoms with E-state index in [1.165, 1.54) is 0 Å². The minimum atomic E-state index is -3.49. The van der Waals surface area contributed by atoms with E-state index in [4.69, 9.17) is 9.47 Å². The van der Waals surface area contributed by atoms with Crippen molar-refractivity contribution in [2.24, 2.45) is 5.92 Å². The second-order valence-electron chi connectivity index (χ2n) is 16.2. The quantitative estimate of drug-likeness (QED) is 0.107. The van der Waals surface area contributed by atoms with Crippen LogP contribution in [-0.2, 0) is 37.7 Å². The molecule has 300 valence electrons. The minimum absolute atomic E-state index is 0.0558. The van der Waals surface area contributed by atoms with Crippen LogP contribution < -0.4 is 19.9 Å². The number of benzene rings is 3. The zero-order valence-electron chi connectivity index (χ0n) is 32.9. The Morgan fingerprint density at radius 1 is 1.05 bits per heavy atom. The molecule has 0 bridgehead atoms. The topological polar surface area (TPSA) is 132 Å². The van der Waals surface area contributed by atoms with Gasteiger partial charge >= 0.3 is 0 Å². The van der Waals surface area contributed by atoms with Crippen molar-refractivity contribution in [2.45, 2.75) is 101 Å². The molecule has 4 aliphatic heterocycles. The van der Waals surface area contributed by atoms with Crippen LogP contribution in [0.3, 0.4) is 0 Å². The number of hydrogen-bond acceptors (Lipinski definition) is 8. The summed E-state index contributed by atoms with van der Waals surface area (Å²) in [6.45, 7) is 8.87. The van der Waals surface area contributed by atoms with E-state index in [1.807, 2.05) is 80.6 Å². The summed E-state index contributed by atoms with van der Waals surface area (Å²) in [6.07, 6.45) is 2.54. The number of rotatable bonds is 14. The van der Waals surface area contributed by atoms with Crippen molar-refractivity contribution in [2.75, 3.05) is 42.7 Å². The molecule has 56 heavy (non-hydrogen) atoms. The average Bonchev–Trinajstić information content (AvgIpc) is 3.84. The monoisotopic (exact) mass is 786 g/mol. The molecule has 3 aromatic rings. The first-order valence-corrected chi connectivity index (χ1v) is 23.1. The Morgan fingerprint density at radius 2 is 1.86 bits per heavy atom. The Kier molecular flexibility index (Phi) is 11.7. The van der Waals surface area contributed by atoms with E-state index in [2.05, 4.69) is 5.32 Å². The fourth-order valence-corrected chi connectivity index (χ4v) is 12.2. The number of ether oxygens (including phenoxy) is 2. The smallest absolute Gasteiger partial charge is 0.264 e. The van der Waals surface area contributed by atoms with Crippen LogP contribution in [0, 0.1) is 5.92 Å². The highest BCUT2D eigenvalue weighted by molar-refractivity contribution is 6.72. The molecule has 3 N–H and O–H groups in total. The molecule has 13 heteroatoms. The van der Waals surface area contributed by atoms with Crippen molar-refractivity contribution in [3.63, 3.8) is 0 Å². The van der Waals surface area contributed by atoms with E-state index in [1.54, 1.807) is 27.8 Å². The third kappa shape index (κ3) is 7.28. The van der Waals surface area contributed by atoms with Crippen molar-refractivity contribution < 1.29 is 38.2 Å². The van der Waals surface area contributed by atoms with Crippen LogP contribution >= 0.6 is 0 Å². The zero-order chi connectivity index (χ0) is 39.8. The minimum Gasteiger partial charge on any atom is -0.494 e. The van der Waals surface area contributed by atoms with Gasteiger partial charge in [0.05, 0.1) is 55.7 Å². The van der Waals surface area contributed by atoms with Crippen LogP contribution in [0.25, 0.3) is 0 Å². The van der Waals surface area contributed by atoms with E-state index in [-0.39, 0.29) is 49.9 Å². The van der Waals surface area contributed by atoms with Gasteiger partial charge in [-0.05, 0) is 106 Å². The average molecular weight is 787 g/mol. The van der Waals surface area contributed by atoms with Crippen LogP contribution in [0.4, 0.5) is 21.2 Å². The van der Waals surface area contributed by atoms with E-state index < -0.39 is 37.6 Å². The van der Waals surface area contributed by atoms with Gasteiger partial charge in [0.2, 0.25) is 20.2 Å². The number of carbonyl (C=O) groups excluding carboxylic acids is 3. The number of nitrogens with one attached hydrogen (secondary N) is 1. The van der Waals surface area contributed by atoms with Crippen LogP contribution in [-0.4, -0.2) is 92.3 Å². The predicted octanol–water partition coefficient (Wildman–Crippen LogP) is 5.73. The van der Waals surface area contributed by atoms with Crippen LogP contribution in [0.1, 0.15) is 62.6 Å². The summed E-state index contributed by atoms with van der Waals surface area (Å²) in [5.41, 5.74) is 2.43. The van der Waals surface area contributed by atoms with Crippen LogP contribution in [0.15, 0.2) is 66.7 Å². The number of aliphatic hydroxyl groups is 2. The summed E-state index contributed by atoms with van der Waals surface area (Å²) >= 11 is 0. The van der Waals surface area contributed by atoms with Gasteiger partial charge in [0, 0.05) is 35.9 Å². The molecule has 2 saturated heterocycles. The molecule has 11 nitrogen and oxygen atoms in total.